The van der Waals surface area contributed by atoms with Gasteiger partial charge in [-0.3, -0.25) is 10.1 Å². The van der Waals surface area contributed by atoms with Gasteiger partial charge in [-0.2, -0.15) is 5.10 Å². The van der Waals surface area contributed by atoms with E-state index in [0.29, 0.717) is 5.02 Å². The van der Waals surface area contributed by atoms with Crippen molar-refractivity contribution in [3.8, 4) is 17.0 Å². The van der Waals surface area contributed by atoms with Crippen LogP contribution >= 0.6 is 11.6 Å². The third kappa shape index (κ3) is 2.65. The summed E-state index contributed by atoms with van der Waals surface area (Å²) in [4.78, 5) is 3.96. The van der Waals surface area contributed by atoms with E-state index in [4.69, 9.17) is 11.6 Å². The second-order valence-electron chi connectivity index (χ2n) is 4.48. The molecule has 2 heterocycles. The number of aromatic nitrogens is 3. The molecule has 0 atom stereocenters. The van der Waals surface area contributed by atoms with Crippen LogP contribution in [0.4, 0.5) is 0 Å². The van der Waals surface area contributed by atoms with E-state index in [1.165, 1.54) is 0 Å². The van der Waals surface area contributed by atoms with Crippen LogP contribution in [0.15, 0.2) is 48.8 Å². The number of pyridine rings is 1. The lowest BCUT2D eigenvalue weighted by Crippen LogP contribution is -1.87. The van der Waals surface area contributed by atoms with E-state index < -0.39 is 0 Å². The minimum atomic E-state index is 0.266. The molecule has 0 radical (unpaired) electrons. The van der Waals surface area contributed by atoms with Crippen molar-refractivity contribution in [2.24, 2.45) is 0 Å². The molecule has 100 valence electrons. The number of phenols is 1. The summed E-state index contributed by atoms with van der Waals surface area (Å²) >= 11 is 6.10. The number of halogens is 1. The predicted octanol–water partition coefficient (Wildman–Crippen LogP) is 3.42. The Labute approximate surface area is 121 Å². The van der Waals surface area contributed by atoms with Crippen LogP contribution in [-0.4, -0.2) is 20.3 Å². The summed E-state index contributed by atoms with van der Waals surface area (Å²) in [5.41, 5.74) is 3.73. The molecule has 3 rings (SSSR count). The normalized spacial score (nSPS) is 10.7. The van der Waals surface area contributed by atoms with Crippen molar-refractivity contribution in [3.63, 3.8) is 0 Å². The summed E-state index contributed by atoms with van der Waals surface area (Å²) in [5.74, 6) is 0.266. The minimum absolute atomic E-state index is 0.266. The van der Waals surface area contributed by atoms with Crippen LogP contribution < -0.4 is 0 Å². The molecule has 0 aliphatic heterocycles. The fourth-order valence-corrected chi connectivity index (χ4v) is 2.22. The fraction of sp³-hybridized carbons (Fsp3) is 0.0667. The summed E-state index contributed by atoms with van der Waals surface area (Å²) in [6.07, 6.45) is 4.01. The van der Waals surface area contributed by atoms with Gasteiger partial charge in [-0.15, -0.1) is 0 Å². The molecule has 0 bridgehead atoms. The quantitative estimate of drug-likeness (QED) is 0.775. The van der Waals surface area contributed by atoms with Crippen molar-refractivity contribution in [3.05, 3.63) is 65.1 Å². The minimum Gasteiger partial charge on any atom is -0.508 e. The Morgan fingerprint density at radius 3 is 2.70 bits per heavy atom. The lowest BCUT2D eigenvalue weighted by Gasteiger charge is -1.99. The highest BCUT2D eigenvalue weighted by molar-refractivity contribution is 6.33. The molecule has 0 amide bonds. The Morgan fingerprint density at radius 1 is 1.15 bits per heavy atom. The van der Waals surface area contributed by atoms with Crippen molar-refractivity contribution in [1.29, 1.82) is 0 Å². The largest absolute Gasteiger partial charge is 0.508 e. The number of rotatable bonds is 3. The molecule has 1 aromatic carbocycles. The number of nitrogens with one attached hydrogen (secondary N) is 1. The maximum atomic E-state index is 9.27. The van der Waals surface area contributed by atoms with Crippen molar-refractivity contribution < 1.29 is 5.11 Å². The molecule has 4 nitrogen and oxygen atoms in total. The molecular formula is C15H12ClN3O. The zero-order valence-corrected chi connectivity index (χ0v) is 11.3. The number of benzene rings is 1. The van der Waals surface area contributed by atoms with E-state index in [1.54, 1.807) is 24.5 Å². The second kappa shape index (κ2) is 5.35. The highest BCUT2D eigenvalue weighted by atomic mass is 35.5. The standard InChI is InChI=1S/C15H12ClN3O/c16-14-9-17-6-5-13(14)15-8-11(18-19-15)7-10-1-3-12(20)4-2-10/h1-6,8-9,20H,7H2,(H,18,19). The van der Waals surface area contributed by atoms with Gasteiger partial charge in [0, 0.05) is 30.1 Å². The average molecular weight is 286 g/mol. The van der Waals surface area contributed by atoms with Gasteiger partial charge in [0.25, 0.3) is 0 Å². The first-order valence-electron chi connectivity index (χ1n) is 6.14. The van der Waals surface area contributed by atoms with Gasteiger partial charge >= 0.3 is 0 Å². The molecule has 2 aromatic heterocycles. The zero-order valence-electron chi connectivity index (χ0n) is 10.5. The summed E-state index contributed by atoms with van der Waals surface area (Å²) in [7, 11) is 0. The molecule has 0 aliphatic carbocycles. The Kier molecular flexibility index (Phi) is 3.39. The Balaban J connectivity index is 1.84. The van der Waals surface area contributed by atoms with Gasteiger partial charge in [0.1, 0.15) is 5.75 Å². The molecule has 0 fully saturated rings. The second-order valence-corrected chi connectivity index (χ2v) is 4.88. The highest BCUT2D eigenvalue weighted by Gasteiger charge is 2.08. The van der Waals surface area contributed by atoms with Crippen LogP contribution in [0.2, 0.25) is 5.02 Å². The summed E-state index contributed by atoms with van der Waals surface area (Å²) in [5, 5.41) is 17.1. The van der Waals surface area contributed by atoms with Crippen LogP contribution in [0.1, 0.15) is 11.3 Å². The number of nitrogens with zero attached hydrogens (tertiary/aromatic N) is 2. The molecule has 3 aromatic rings. The topological polar surface area (TPSA) is 61.8 Å². The first-order valence-corrected chi connectivity index (χ1v) is 6.52. The van der Waals surface area contributed by atoms with E-state index in [2.05, 4.69) is 15.2 Å². The SMILES string of the molecule is Oc1ccc(Cc2cc(-c3ccncc3Cl)n[nH]2)cc1. The van der Waals surface area contributed by atoms with E-state index in [1.807, 2.05) is 24.3 Å². The summed E-state index contributed by atoms with van der Waals surface area (Å²) in [6.45, 7) is 0. The average Bonchev–Trinajstić information content (AvgIpc) is 2.90. The first-order chi connectivity index (χ1) is 9.72. The van der Waals surface area contributed by atoms with Gasteiger partial charge in [-0.05, 0) is 29.8 Å². The zero-order chi connectivity index (χ0) is 13.9. The van der Waals surface area contributed by atoms with Gasteiger partial charge in [0.15, 0.2) is 0 Å². The van der Waals surface area contributed by atoms with Crippen LogP contribution in [0, 0.1) is 0 Å². The van der Waals surface area contributed by atoms with Crippen LogP contribution in [0.5, 0.6) is 5.75 Å². The molecule has 5 heteroatoms. The monoisotopic (exact) mass is 285 g/mol. The van der Waals surface area contributed by atoms with Crippen LogP contribution in [0.25, 0.3) is 11.3 Å². The lowest BCUT2D eigenvalue weighted by molar-refractivity contribution is 0.475. The third-order valence-corrected chi connectivity index (χ3v) is 3.31. The molecule has 0 unspecified atom stereocenters. The Hall–Kier alpha value is -2.33. The number of hydrogen-bond acceptors (Lipinski definition) is 3. The van der Waals surface area contributed by atoms with Gasteiger partial charge in [-0.1, -0.05) is 23.7 Å². The van der Waals surface area contributed by atoms with Gasteiger partial charge in [0.2, 0.25) is 0 Å². The number of aromatic hydroxyl groups is 1. The van der Waals surface area contributed by atoms with E-state index in [-0.39, 0.29) is 5.75 Å². The molecule has 0 aliphatic rings. The van der Waals surface area contributed by atoms with Crippen molar-refractivity contribution in [1.82, 2.24) is 15.2 Å². The van der Waals surface area contributed by atoms with E-state index >= 15 is 0 Å². The van der Waals surface area contributed by atoms with Crippen molar-refractivity contribution in [2.75, 3.05) is 0 Å². The molecule has 0 spiro atoms. The summed E-state index contributed by atoms with van der Waals surface area (Å²) in [6, 6.07) is 10.9. The number of H-pyrrole nitrogens is 1. The van der Waals surface area contributed by atoms with Crippen molar-refractivity contribution >= 4 is 11.6 Å². The van der Waals surface area contributed by atoms with Gasteiger partial charge in [0.05, 0.1) is 10.7 Å². The Bertz CT molecular complexity index is 722. The molecule has 20 heavy (non-hydrogen) atoms. The smallest absolute Gasteiger partial charge is 0.115 e. The molecular weight excluding hydrogens is 274 g/mol. The molecule has 0 saturated heterocycles. The molecule has 0 saturated carbocycles. The molecule has 2 N–H and O–H groups in total. The maximum absolute atomic E-state index is 9.27. The van der Waals surface area contributed by atoms with Gasteiger partial charge < -0.3 is 5.11 Å². The number of phenolic OH excluding ortho intramolecular Hbond substituents is 1. The van der Waals surface area contributed by atoms with E-state index in [0.717, 1.165) is 28.9 Å². The Morgan fingerprint density at radius 2 is 1.95 bits per heavy atom. The van der Waals surface area contributed by atoms with Crippen molar-refractivity contribution in [2.45, 2.75) is 6.42 Å². The van der Waals surface area contributed by atoms with Crippen LogP contribution in [-0.2, 0) is 6.42 Å². The van der Waals surface area contributed by atoms with Crippen LogP contribution in [0.3, 0.4) is 0 Å². The highest BCUT2D eigenvalue weighted by Crippen LogP contribution is 2.26. The first kappa shape index (κ1) is 12.7. The number of hydrogen-bond donors (Lipinski definition) is 2. The summed E-state index contributed by atoms with van der Waals surface area (Å²) < 4.78 is 0. The number of aromatic amines is 1. The van der Waals surface area contributed by atoms with Gasteiger partial charge in [-0.25, -0.2) is 0 Å². The third-order valence-electron chi connectivity index (χ3n) is 3.01. The predicted molar refractivity (Wildman–Crippen MR) is 77.7 cm³/mol. The maximum Gasteiger partial charge on any atom is 0.115 e. The lowest BCUT2D eigenvalue weighted by atomic mass is 10.1. The van der Waals surface area contributed by atoms with E-state index in [9.17, 15) is 5.11 Å². The fourth-order valence-electron chi connectivity index (χ4n) is 2.01.